The molecule has 0 spiro atoms. The van der Waals surface area contributed by atoms with E-state index in [4.69, 9.17) is 10.1 Å². The maximum absolute atomic E-state index is 8.46. The number of fused-ring (bicyclic) bond motifs is 3. The van der Waals surface area contributed by atoms with Crippen molar-refractivity contribution < 1.29 is 15.2 Å². The van der Waals surface area contributed by atoms with Gasteiger partial charge in [-0.3, -0.25) is 0 Å². The zero-order chi connectivity index (χ0) is 14.8. The third-order valence-corrected chi connectivity index (χ3v) is 5.11. The fourth-order valence-corrected chi connectivity index (χ4v) is 3.31. The fraction of sp³-hybridized carbons (Fsp3) is 0.176. The molecule has 2 bridgehead atoms. The SMILES string of the molecule is CCC1=CC2=CC=C3C=C(OOO)C=C(C=CC2=C1)C3I. The molecule has 1 unspecified atom stereocenters. The lowest BCUT2D eigenvalue weighted by molar-refractivity contribution is -0.470. The summed E-state index contributed by atoms with van der Waals surface area (Å²) in [5.41, 5.74) is 6.01. The third kappa shape index (κ3) is 2.97. The Morgan fingerprint density at radius 2 is 1.90 bits per heavy atom. The number of alkyl halides is 1. The zero-order valence-electron chi connectivity index (χ0n) is 11.5. The summed E-state index contributed by atoms with van der Waals surface area (Å²) < 4.78 is 0.246. The summed E-state index contributed by atoms with van der Waals surface area (Å²) in [6.45, 7) is 2.16. The lowest BCUT2D eigenvalue weighted by Crippen LogP contribution is -2.09. The average molecular weight is 394 g/mol. The van der Waals surface area contributed by atoms with Crippen molar-refractivity contribution in [2.75, 3.05) is 0 Å². The van der Waals surface area contributed by atoms with E-state index in [1.54, 1.807) is 0 Å². The predicted molar refractivity (Wildman–Crippen MR) is 90.5 cm³/mol. The molecule has 1 atom stereocenters. The Kier molecular flexibility index (Phi) is 4.28. The molecular formula is C17H15IO3. The molecule has 0 aromatic rings. The molecule has 1 N–H and O–H groups in total. The van der Waals surface area contributed by atoms with Gasteiger partial charge < -0.3 is 4.89 Å². The molecule has 21 heavy (non-hydrogen) atoms. The predicted octanol–water partition coefficient (Wildman–Crippen LogP) is 4.73. The minimum atomic E-state index is 0.246. The Bertz CT molecular complexity index is 672. The number of allylic oxidation sites excluding steroid dienone is 13. The molecule has 0 heterocycles. The van der Waals surface area contributed by atoms with Crippen LogP contribution in [-0.4, -0.2) is 9.18 Å². The first-order valence-corrected chi connectivity index (χ1v) is 8.04. The highest BCUT2D eigenvalue weighted by Crippen LogP contribution is 2.34. The number of hydrogen-bond donors (Lipinski definition) is 1. The van der Waals surface area contributed by atoms with Crippen LogP contribution in [0.5, 0.6) is 0 Å². The average Bonchev–Trinajstić information content (AvgIpc) is 2.88. The second-order valence-electron chi connectivity index (χ2n) is 5.01. The molecule has 0 aromatic heterocycles. The van der Waals surface area contributed by atoms with Crippen molar-refractivity contribution in [2.24, 2.45) is 0 Å². The highest BCUT2D eigenvalue weighted by Gasteiger charge is 2.21. The van der Waals surface area contributed by atoms with Gasteiger partial charge in [-0.25, -0.2) is 5.26 Å². The standard InChI is InChI=1S/C17H15IO3/c1-2-11-7-12-3-5-14-9-16(20-21-19)10-15(17(14)18)6-4-13(12)8-11/h3-10,17,19H,2H2,1H3. The summed E-state index contributed by atoms with van der Waals surface area (Å²) in [5.74, 6) is 0.487. The molecule has 0 saturated carbocycles. The van der Waals surface area contributed by atoms with Crippen molar-refractivity contribution in [2.45, 2.75) is 17.3 Å². The second kappa shape index (κ2) is 6.17. The molecule has 0 amide bonds. The monoisotopic (exact) mass is 394 g/mol. The van der Waals surface area contributed by atoms with Crippen LogP contribution in [0.1, 0.15) is 13.3 Å². The van der Waals surface area contributed by atoms with Gasteiger partial charge in [0.05, 0.1) is 3.92 Å². The van der Waals surface area contributed by atoms with Gasteiger partial charge in [-0.15, -0.1) is 0 Å². The van der Waals surface area contributed by atoms with E-state index >= 15 is 0 Å². The Morgan fingerprint density at radius 3 is 2.67 bits per heavy atom. The minimum Gasteiger partial charge on any atom is -0.308 e. The number of rotatable bonds is 3. The summed E-state index contributed by atoms with van der Waals surface area (Å²) in [5, 5.41) is 12.2. The van der Waals surface area contributed by atoms with E-state index < -0.39 is 0 Å². The topological polar surface area (TPSA) is 38.7 Å². The smallest absolute Gasteiger partial charge is 0.169 e. The van der Waals surface area contributed by atoms with Crippen molar-refractivity contribution >= 4 is 22.6 Å². The first kappa shape index (κ1) is 14.6. The van der Waals surface area contributed by atoms with E-state index in [9.17, 15) is 0 Å². The highest BCUT2D eigenvalue weighted by atomic mass is 127. The third-order valence-electron chi connectivity index (χ3n) is 3.67. The molecule has 0 aliphatic heterocycles. The molecule has 0 fully saturated rings. The van der Waals surface area contributed by atoms with Crippen LogP contribution < -0.4 is 0 Å². The van der Waals surface area contributed by atoms with Crippen LogP contribution in [0, 0.1) is 0 Å². The quantitative estimate of drug-likeness (QED) is 0.326. The van der Waals surface area contributed by atoms with E-state index in [0.29, 0.717) is 5.76 Å². The van der Waals surface area contributed by atoms with Gasteiger partial charge >= 0.3 is 0 Å². The largest absolute Gasteiger partial charge is 0.308 e. The van der Waals surface area contributed by atoms with Crippen molar-refractivity contribution in [3.05, 3.63) is 82.2 Å². The molecule has 3 rings (SSSR count). The number of halogens is 1. The van der Waals surface area contributed by atoms with Gasteiger partial charge in [0.2, 0.25) is 0 Å². The second-order valence-corrected chi connectivity index (χ2v) is 6.25. The van der Waals surface area contributed by atoms with Gasteiger partial charge in [-0.2, -0.15) is 0 Å². The molecular weight excluding hydrogens is 379 g/mol. The Balaban J connectivity index is 2.06. The molecule has 3 aliphatic carbocycles. The summed E-state index contributed by atoms with van der Waals surface area (Å²) in [6.07, 6.45) is 17.7. The van der Waals surface area contributed by atoms with Gasteiger partial charge in [0.1, 0.15) is 0 Å². The first-order chi connectivity index (χ1) is 10.2. The molecule has 3 aliphatic rings. The van der Waals surface area contributed by atoms with Crippen LogP contribution in [0.25, 0.3) is 0 Å². The summed E-state index contributed by atoms with van der Waals surface area (Å²) in [4.78, 5) is 4.75. The van der Waals surface area contributed by atoms with E-state index in [1.807, 2.05) is 12.2 Å². The van der Waals surface area contributed by atoms with Gasteiger partial charge in [0, 0.05) is 0 Å². The summed E-state index contributed by atoms with van der Waals surface area (Å²) in [6, 6.07) is 0. The van der Waals surface area contributed by atoms with Crippen molar-refractivity contribution in [1.82, 2.24) is 0 Å². The Morgan fingerprint density at radius 1 is 1.05 bits per heavy atom. The normalized spacial score (nSPS) is 23.5. The molecule has 108 valence electrons. The van der Waals surface area contributed by atoms with Crippen molar-refractivity contribution in [3.63, 3.8) is 0 Å². The molecule has 0 aromatic carbocycles. The van der Waals surface area contributed by atoms with Crippen LogP contribution in [-0.2, 0) is 9.93 Å². The van der Waals surface area contributed by atoms with Gasteiger partial charge in [-0.05, 0) is 51.5 Å². The molecule has 0 radical (unpaired) electrons. The molecule has 3 nitrogen and oxygen atoms in total. The summed E-state index contributed by atoms with van der Waals surface area (Å²) in [7, 11) is 0. The number of hydrogen-bond acceptors (Lipinski definition) is 3. The van der Waals surface area contributed by atoms with E-state index in [0.717, 1.165) is 17.6 Å². The van der Waals surface area contributed by atoms with E-state index in [-0.39, 0.29) is 3.92 Å². The van der Waals surface area contributed by atoms with Gasteiger partial charge in [0.25, 0.3) is 0 Å². The van der Waals surface area contributed by atoms with Crippen LogP contribution in [0.3, 0.4) is 0 Å². The lowest BCUT2D eigenvalue weighted by atomic mass is 9.98. The minimum absolute atomic E-state index is 0.246. The zero-order valence-corrected chi connectivity index (χ0v) is 13.7. The van der Waals surface area contributed by atoms with Crippen LogP contribution in [0.2, 0.25) is 0 Å². The van der Waals surface area contributed by atoms with Crippen LogP contribution in [0.4, 0.5) is 0 Å². The Hall–Kier alpha value is -1.37. The van der Waals surface area contributed by atoms with Crippen molar-refractivity contribution in [1.29, 1.82) is 0 Å². The lowest BCUT2D eigenvalue weighted by Gasteiger charge is -2.18. The first-order valence-electron chi connectivity index (χ1n) is 6.79. The molecule has 4 heteroatoms. The fourth-order valence-electron chi connectivity index (χ4n) is 2.54. The van der Waals surface area contributed by atoms with Crippen LogP contribution in [0.15, 0.2) is 82.2 Å². The highest BCUT2D eigenvalue weighted by molar-refractivity contribution is 14.1. The van der Waals surface area contributed by atoms with Gasteiger partial charge in [0.15, 0.2) is 5.76 Å². The van der Waals surface area contributed by atoms with E-state index in [1.165, 1.54) is 16.7 Å². The van der Waals surface area contributed by atoms with E-state index in [2.05, 4.69) is 71.0 Å². The maximum atomic E-state index is 8.46. The maximum Gasteiger partial charge on any atom is 0.169 e. The van der Waals surface area contributed by atoms with Crippen molar-refractivity contribution in [3.8, 4) is 0 Å². The van der Waals surface area contributed by atoms with Gasteiger partial charge in [-0.1, -0.05) is 66.0 Å². The molecule has 0 saturated heterocycles. The van der Waals surface area contributed by atoms with Crippen LogP contribution >= 0.6 is 22.6 Å². The summed E-state index contributed by atoms with van der Waals surface area (Å²) >= 11 is 2.39. The Labute approximate surface area is 137 Å².